The molecule has 1 unspecified atom stereocenters. The fourth-order valence-corrected chi connectivity index (χ4v) is 4.42. The van der Waals surface area contributed by atoms with E-state index in [1.807, 2.05) is 13.0 Å². The highest BCUT2D eigenvalue weighted by Crippen LogP contribution is 2.41. The molecule has 0 spiro atoms. The van der Waals surface area contributed by atoms with E-state index in [4.69, 9.17) is 14.3 Å². The van der Waals surface area contributed by atoms with Gasteiger partial charge in [0.05, 0.1) is 11.1 Å². The topological polar surface area (TPSA) is 59.7 Å². The molecule has 0 radical (unpaired) electrons. The highest BCUT2D eigenvalue weighted by molar-refractivity contribution is 5.87. The first-order valence-electron chi connectivity index (χ1n) is 11.0. The number of carboxylic acid groups (broad SMARTS) is 1. The Hall–Kier alpha value is -3.22. The molecule has 0 bridgehead atoms. The first-order valence-corrected chi connectivity index (χ1v) is 11.0. The normalized spacial score (nSPS) is 15.9. The number of aromatic carboxylic acids is 1. The molecule has 3 aromatic rings. The van der Waals surface area contributed by atoms with Gasteiger partial charge in [0.1, 0.15) is 23.4 Å². The number of aryl methyl sites for hydroxylation is 1. The monoisotopic (exact) mass is 458 g/mol. The maximum absolute atomic E-state index is 12.9. The Bertz CT molecular complexity index is 1090. The number of hydrogen-bond acceptors (Lipinski definition) is 3. The lowest BCUT2D eigenvalue weighted by molar-refractivity contribution is -0.137. The number of carbonyl (C=O) groups is 1. The molecule has 1 aliphatic carbocycles. The summed E-state index contributed by atoms with van der Waals surface area (Å²) in [6.45, 7) is 1.83. The Morgan fingerprint density at radius 1 is 1.03 bits per heavy atom. The molecule has 4 nitrogen and oxygen atoms in total. The molecule has 1 aliphatic rings. The van der Waals surface area contributed by atoms with Gasteiger partial charge in [0, 0.05) is 17.0 Å². The van der Waals surface area contributed by atoms with Gasteiger partial charge in [-0.05, 0) is 62.2 Å². The number of alkyl halides is 3. The summed E-state index contributed by atoms with van der Waals surface area (Å²) in [5.74, 6) is 0.962. The number of benzene rings is 2. The van der Waals surface area contributed by atoms with Crippen molar-refractivity contribution in [1.29, 1.82) is 0 Å². The van der Waals surface area contributed by atoms with Crippen LogP contribution in [0.1, 0.15) is 65.5 Å². The SMILES string of the molecule is Cc1oc(-c2ccc(C(F)(F)F)cc2)cc1C(Oc1ccc(C(=O)O)cc1)C1CCCCC1. The molecule has 7 heteroatoms. The molecule has 1 heterocycles. The molecule has 1 fully saturated rings. The van der Waals surface area contributed by atoms with Gasteiger partial charge in [0.2, 0.25) is 0 Å². The lowest BCUT2D eigenvalue weighted by atomic mass is 9.82. The van der Waals surface area contributed by atoms with Crippen LogP contribution in [0.4, 0.5) is 13.2 Å². The average Bonchev–Trinajstić information content (AvgIpc) is 3.19. The lowest BCUT2D eigenvalue weighted by Crippen LogP contribution is -2.21. The molecule has 1 aromatic heterocycles. The Balaban J connectivity index is 1.64. The highest BCUT2D eigenvalue weighted by atomic mass is 19.4. The third kappa shape index (κ3) is 5.24. The standard InChI is InChI=1S/C26H25F3O4/c1-16-22(15-23(32-16)17-7-11-20(12-8-17)26(27,28)29)24(18-5-3-2-4-6-18)33-21-13-9-19(10-14-21)25(30)31/h7-15,18,24H,2-6H2,1H3,(H,30,31). The summed E-state index contributed by atoms with van der Waals surface area (Å²) in [6, 6.07) is 13.1. The van der Waals surface area contributed by atoms with Crippen molar-refractivity contribution in [3.05, 3.63) is 77.0 Å². The van der Waals surface area contributed by atoms with Gasteiger partial charge in [-0.15, -0.1) is 0 Å². The molecule has 1 N–H and O–H groups in total. The first kappa shape index (κ1) is 23.0. The summed E-state index contributed by atoms with van der Waals surface area (Å²) in [4.78, 5) is 11.1. The van der Waals surface area contributed by atoms with Crippen LogP contribution in [0.15, 0.2) is 59.0 Å². The largest absolute Gasteiger partial charge is 0.485 e. The van der Waals surface area contributed by atoms with Gasteiger partial charge < -0.3 is 14.3 Å². The smallest absolute Gasteiger partial charge is 0.416 e. The fraction of sp³-hybridized carbons (Fsp3) is 0.346. The predicted octanol–water partition coefficient (Wildman–Crippen LogP) is 7.67. The van der Waals surface area contributed by atoms with E-state index in [2.05, 4.69) is 0 Å². The van der Waals surface area contributed by atoms with Gasteiger partial charge in [0.25, 0.3) is 0 Å². The Morgan fingerprint density at radius 2 is 1.67 bits per heavy atom. The molecule has 1 saturated carbocycles. The minimum absolute atomic E-state index is 0.181. The summed E-state index contributed by atoms with van der Waals surface area (Å²) in [6.07, 6.45) is 0.691. The molecule has 0 saturated heterocycles. The molecule has 4 rings (SSSR count). The highest BCUT2D eigenvalue weighted by Gasteiger charge is 2.32. The molecule has 33 heavy (non-hydrogen) atoms. The Labute approximate surface area is 190 Å². The van der Waals surface area contributed by atoms with Gasteiger partial charge in [0.15, 0.2) is 0 Å². The molecule has 1 atom stereocenters. The first-order chi connectivity index (χ1) is 15.7. The second kappa shape index (κ2) is 9.33. The minimum atomic E-state index is -4.39. The van der Waals surface area contributed by atoms with Gasteiger partial charge >= 0.3 is 12.1 Å². The second-order valence-electron chi connectivity index (χ2n) is 8.46. The number of hydrogen-bond donors (Lipinski definition) is 1. The van der Waals surface area contributed by atoms with Gasteiger partial charge in [-0.2, -0.15) is 13.2 Å². The van der Waals surface area contributed by atoms with E-state index in [9.17, 15) is 18.0 Å². The van der Waals surface area contributed by atoms with Crippen LogP contribution in [-0.4, -0.2) is 11.1 Å². The van der Waals surface area contributed by atoms with Gasteiger partial charge in [-0.25, -0.2) is 4.79 Å². The number of furan rings is 1. The van der Waals surface area contributed by atoms with E-state index in [1.165, 1.54) is 30.7 Å². The molecule has 0 amide bonds. The van der Waals surface area contributed by atoms with Crippen LogP contribution >= 0.6 is 0 Å². The number of rotatable bonds is 6. The van der Waals surface area contributed by atoms with Crippen molar-refractivity contribution in [2.75, 3.05) is 0 Å². The van der Waals surface area contributed by atoms with Crippen LogP contribution in [0, 0.1) is 12.8 Å². The summed E-state index contributed by atoms with van der Waals surface area (Å²) >= 11 is 0. The summed E-state index contributed by atoms with van der Waals surface area (Å²) < 4.78 is 51.0. The molecule has 0 aliphatic heterocycles. The summed E-state index contributed by atoms with van der Waals surface area (Å²) in [5, 5.41) is 9.13. The zero-order valence-electron chi connectivity index (χ0n) is 18.2. The van der Waals surface area contributed by atoms with Crippen LogP contribution in [0.25, 0.3) is 11.3 Å². The lowest BCUT2D eigenvalue weighted by Gasteiger charge is -2.30. The Kier molecular flexibility index (Phi) is 6.49. The molecule has 2 aromatic carbocycles. The quantitative estimate of drug-likeness (QED) is 0.412. The zero-order valence-corrected chi connectivity index (χ0v) is 18.2. The fourth-order valence-electron chi connectivity index (χ4n) is 4.42. The maximum Gasteiger partial charge on any atom is 0.416 e. The van der Waals surface area contributed by atoms with Crippen LogP contribution in [-0.2, 0) is 6.18 Å². The predicted molar refractivity (Wildman–Crippen MR) is 117 cm³/mol. The van der Waals surface area contributed by atoms with E-state index in [1.54, 1.807) is 12.1 Å². The molecule has 174 valence electrons. The summed E-state index contributed by atoms with van der Waals surface area (Å²) in [5.41, 5.74) is 0.897. The summed E-state index contributed by atoms with van der Waals surface area (Å²) in [7, 11) is 0. The third-order valence-electron chi connectivity index (χ3n) is 6.20. The van der Waals surface area contributed by atoms with E-state index in [0.29, 0.717) is 22.8 Å². The van der Waals surface area contributed by atoms with E-state index >= 15 is 0 Å². The van der Waals surface area contributed by atoms with Crippen molar-refractivity contribution in [2.24, 2.45) is 5.92 Å². The van der Waals surface area contributed by atoms with Crippen LogP contribution in [0.5, 0.6) is 5.75 Å². The average molecular weight is 458 g/mol. The molecular formula is C26H25F3O4. The van der Waals surface area contributed by atoms with Crippen molar-refractivity contribution in [2.45, 2.75) is 51.3 Å². The molecular weight excluding hydrogens is 433 g/mol. The second-order valence-corrected chi connectivity index (χ2v) is 8.46. The van der Waals surface area contributed by atoms with E-state index < -0.39 is 17.7 Å². The number of carboxylic acids is 1. The minimum Gasteiger partial charge on any atom is -0.485 e. The number of halogens is 3. The van der Waals surface area contributed by atoms with E-state index in [-0.39, 0.29) is 17.6 Å². The zero-order chi connectivity index (χ0) is 23.6. The van der Waals surface area contributed by atoms with Crippen molar-refractivity contribution < 1.29 is 32.2 Å². The third-order valence-corrected chi connectivity index (χ3v) is 6.20. The van der Waals surface area contributed by atoms with Crippen molar-refractivity contribution in [3.8, 4) is 17.1 Å². The van der Waals surface area contributed by atoms with Crippen LogP contribution in [0.3, 0.4) is 0 Å². The van der Waals surface area contributed by atoms with E-state index in [0.717, 1.165) is 43.4 Å². The van der Waals surface area contributed by atoms with Gasteiger partial charge in [-0.1, -0.05) is 31.4 Å². The van der Waals surface area contributed by atoms with Crippen LogP contribution in [0.2, 0.25) is 0 Å². The van der Waals surface area contributed by atoms with Crippen molar-refractivity contribution in [3.63, 3.8) is 0 Å². The number of ether oxygens (including phenoxy) is 1. The van der Waals surface area contributed by atoms with Crippen molar-refractivity contribution >= 4 is 5.97 Å². The van der Waals surface area contributed by atoms with Gasteiger partial charge in [-0.3, -0.25) is 0 Å². The Morgan fingerprint density at radius 3 is 2.24 bits per heavy atom. The van der Waals surface area contributed by atoms with Crippen LogP contribution < -0.4 is 4.74 Å². The van der Waals surface area contributed by atoms with Crippen molar-refractivity contribution in [1.82, 2.24) is 0 Å². The maximum atomic E-state index is 12.9.